The van der Waals surface area contributed by atoms with Gasteiger partial charge in [-0.1, -0.05) is 27.7 Å². The number of aliphatic hydroxyl groups is 1. The lowest BCUT2D eigenvalue weighted by Crippen LogP contribution is -2.37. The maximum absolute atomic E-state index is 9.23. The highest BCUT2D eigenvalue weighted by molar-refractivity contribution is 4.85. The summed E-state index contributed by atoms with van der Waals surface area (Å²) in [5.74, 6) is 1.88. The highest BCUT2D eigenvalue weighted by atomic mass is 16.3. The van der Waals surface area contributed by atoms with Gasteiger partial charge >= 0.3 is 0 Å². The van der Waals surface area contributed by atoms with E-state index in [1.807, 2.05) is 4.68 Å². The maximum atomic E-state index is 9.23. The summed E-state index contributed by atoms with van der Waals surface area (Å²) < 4.78 is 1.92. The van der Waals surface area contributed by atoms with Crippen LogP contribution in [-0.2, 0) is 13.1 Å². The monoisotopic (exact) mass is 240 g/mol. The van der Waals surface area contributed by atoms with Crippen molar-refractivity contribution < 1.29 is 5.11 Å². The van der Waals surface area contributed by atoms with E-state index in [4.69, 9.17) is 0 Å². The minimum absolute atomic E-state index is 0.110. The number of nitrogens with zero attached hydrogens (tertiary/aromatic N) is 3. The fourth-order valence-corrected chi connectivity index (χ4v) is 1.66. The summed E-state index contributed by atoms with van der Waals surface area (Å²) in [6.45, 7) is 10.2. The van der Waals surface area contributed by atoms with Crippen molar-refractivity contribution in [3.63, 3.8) is 0 Å². The Morgan fingerprint density at radius 3 is 2.59 bits per heavy atom. The van der Waals surface area contributed by atoms with E-state index < -0.39 is 0 Å². The predicted octanol–water partition coefficient (Wildman–Crippen LogP) is 1.04. The normalized spacial score (nSPS) is 13.6. The molecule has 0 aromatic carbocycles. The van der Waals surface area contributed by atoms with Crippen molar-refractivity contribution in [1.29, 1.82) is 0 Å². The quantitative estimate of drug-likeness (QED) is 0.747. The summed E-state index contributed by atoms with van der Waals surface area (Å²) >= 11 is 0. The summed E-state index contributed by atoms with van der Waals surface area (Å²) in [6, 6.07) is 0.110. The second-order valence-corrected chi connectivity index (χ2v) is 5.17. The van der Waals surface area contributed by atoms with Crippen molar-refractivity contribution in [3.8, 4) is 0 Å². The van der Waals surface area contributed by atoms with E-state index in [9.17, 15) is 5.11 Å². The number of aliphatic hydroxyl groups excluding tert-OH is 1. The summed E-state index contributed by atoms with van der Waals surface area (Å²) in [5.41, 5.74) is 0. The molecule has 98 valence electrons. The fourth-order valence-electron chi connectivity index (χ4n) is 1.66. The molecular weight excluding hydrogens is 216 g/mol. The van der Waals surface area contributed by atoms with E-state index in [1.165, 1.54) is 0 Å². The second kappa shape index (κ2) is 6.71. The first-order valence-corrected chi connectivity index (χ1v) is 6.25. The van der Waals surface area contributed by atoms with Crippen molar-refractivity contribution in [2.75, 3.05) is 6.61 Å². The van der Waals surface area contributed by atoms with Gasteiger partial charge in [-0.15, -0.1) is 0 Å². The molecule has 0 aliphatic rings. The Balaban J connectivity index is 2.53. The molecule has 17 heavy (non-hydrogen) atoms. The Hall–Kier alpha value is -0.940. The maximum Gasteiger partial charge on any atom is 0.140 e. The number of hydrogen-bond acceptors (Lipinski definition) is 4. The lowest BCUT2D eigenvalue weighted by Gasteiger charge is -2.19. The van der Waals surface area contributed by atoms with E-state index in [0.29, 0.717) is 18.4 Å². The van der Waals surface area contributed by atoms with Crippen molar-refractivity contribution in [2.24, 2.45) is 11.8 Å². The number of rotatable bonds is 7. The van der Waals surface area contributed by atoms with E-state index in [1.54, 1.807) is 6.33 Å². The third kappa shape index (κ3) is 4.44. The van der Waals surface area contributed by atoms with E-state index in [0.717, 1.165) is 12.4 Å². The standard InChI is InChI=1S/C12H24N4O/c1-9(2)6-16-12(14-8-15-16)5-13-11(7-17)10(3)4/h8-11,13,17H,5-7H2,1-4H3/t11-/m1/s1. The molecule has 0 spiro atoms. The Bertz CT molecular complexity index is 322. The summed E-state index contributed by atoms with van der Waals surface area (Å²) in [6.07, 6.45) is 1.59. The van der Waals surface area contributed by atoms with Crippen LogP contribution in [0.1, 0.15) is 33.5 Å². The SMILES string of the molecule is CC(C)Cn1ncnc1CN[C@H](CO)C(C)C. The summed E-state index contributed by atoms with van der Waals surface area (Å²) in [7, 11) is 0. The van der Waals surface area contributed by atoms with Crippen LogP contribution < -0.4 is 5.32 Å². The summed E-state index contributed by atoms with van der Waals surface area (Å²) in [5, 5.41) is 16.8. The molecule has 0 saturated heterocycles. The van der Waals surface area contributed by atoms with Gasteiger partial charge in [-0.2, -0.15) is 5.10 Å². The average Bonchev–Trinajstić information content (AvgIpc) is 2.65. The van der Waals surface area contributed by atoms with Crippen LogP contribution in [0.2, 0.25) is 0 Å². The molecule has 1 aromatic rings. The topological polar surface area (TPSA) is 63.0 Å². The Morgan fingerprint density at radius 1 is 1.35 bits per heavy atom. The highest BCUT2D eigenvalue weighted by Gasteiger charge is 2.13. The lowest BCUT2D eigenvalue weighted by atomic mass is 10.1. The van der Waals surface area contributed by atoms with Gasteiger partial charge in [0.25, 0.3) is 0 Å². The van der Waals surface area contributed by atoms with Crippen LogP contribution in [0, 0.1) is 11.8 Å². The van der Waals surface area contributed by atoms with Gasteiger partial charge in [0.1, 0.15) is 12.2 Å². The van der Waals surface area contributed by atoms with E-state index >= 15 is 0 Å². The highest BCUT2D eigenvalue weighted by Crippen LogP contribution is 2.04. The minimum Gasteiger partial charge on any atom is -0.395 e. The van der Waals surface area contributed by atoms with Crippen molar-refractivity contribution in [3.05, 3.63) is 12.2 Å². The summed E-state index contributed by atoms with van der Waals surface area (Å²) in [4.78, 5) is 4.24. The zero-order chi connectivity index (χ0) is 12.8. The molecular formula is C12H24N4O. The van der Waals surface area contributed by atoms with Crippen LogP contribution >= 0.6 is 0 Å². The van der Waals surface area contributed by atoms with Crippen molar-refractivity contribution >= 4 is 0 Å². The van der Waals surface area contributed by atoms with Crippen molar-refractivity contribution in [1.82, 2.24) is 20.1 Å². The molecule has 1 rings (SSSR count). The average molecular weight is 240 g/mol. The molecule has 0 amide bonds. The van der Waals surface area contributed by atoms with Crippen LogP contribution in [0.25, 0.3) is 0 Å². The van der Waals surface area contributed by atoms with Gasteiger partial charge < -0.3 is 10.4 Å². The smallest absolute Gasteiger partial charge is 0.140 e. The molecule has 5 heteroatoms. The van der Waals surface area contributed by atoms with Crippen LogP contribution in [0.5, 0.6) is 0 Å². The third-order valence-electron chi connectivity index (χ3n) is 2.76. The van der Waals surface area contributed by atoms with Crippen LogP contribution in [0.4, 0.5) is 0 Å². The number of aromatic nitrogens is 3. The van der Waals surface area contributed by atoms with Gasteiger partial charge in [0.05, 0.1) is 13.2 Å². The van der Waals surface area contributed by atoms with Crippen molar-refractivity contribution in [2.45, 2.75) is 46.8 Å². The Kier molecular flexibility index (Phi) is 5.58. The first kappa shape index (κ1) is 14.1. The first-order chi connectivity index (χ1) is 8.04. The molecule has 0 radical (unpaired) electrons. The zero-order valence-electron chi connectivity index (χ0n) is 11.2. The van der Waals surface area contributed by atoms with Gasteiger partial charge in [0.2, 0.25) is 0 Å². The third-order valence-corrected chi connectivity index (χ3v) is 2.76. The molecule has 1 heterocycles. The molecule has 0 unspecified atom stereocenters. The number of hydrogen-bond donors (Lipinski definition) is 2. The minimum atomic E-state index is 0.110. The van der Waals surface area contributed by atoms with E-state index in [-0.39, 0.29) is 12.6 Å². The van der Waals surface area contributed by atoms with Crippen LogP contribution in [-0.4, -0.2) is 32.5 Å². The molecule has 0 bridgehead atoms. The van der Waals surface area contributed by atoms with Gasteiger partial charge in [-0.3, -0.25) is 0 Å². The fraction of sp³-hybridized carbons (Fsp3) is 0.833. The molecule has 2 N–H and O–H groups in total. The van der Waals surface area contributed by atoms with Crippen LogP contribution in [0.3, 0.4) is 0 Å². The Morgan fingerprint density at radius 2 is 2.06 bits per heavy atom. The van der Waals surface area contributed by atoms with Gasteiger partial charge in [-0.25, -0.2) is 9.67 Å². The van der Waals surface area contributed by atoms with Gasteiger partial charge in [-0.05, 0) is 11.8 Å². The lowest BCUT2D eigenvalue weighted by molar-refractivity contribution is 0.208. The number of nitrogens with one attached hydrogen (secondary N) is 1. The molecule has 1 aromatic heterocycles. The molecule has 0 aliphatic heterocycles. The molecule has 0 aliphatic carbocycles. The van der Waals surface area contributed by atoms with Gasteiger partial charge in [0.15, 0.2) is 0 Å². The zero-order valence-corrected chi connectivity index (χ0v) is 11.2. The van der Waals surface area contributed by atoms with Crippen LogP contribution in [0.15, 0.2) is 6.33 Å². The largest absolute Gasteiger partial charge is 0.395 e. The molecule has 5 nitrogen and oxygen atoms in total. The Labute approximate surface area is 103 Å². The molecule has 0 fully saturated rings. The van der Waals surface area contributed by atoms with E-state index in [2.05, 4.69) is 43.1 Å². The molecule has 1 atom stereocenters. The predicted molar refractivity (Wildman–Crippen MR) is 67.4 cm³/mol. The second-order valence-electron chi connectivity index (χ2n) is 5.17. The molecule has 0 saturated carbocycles. The first-order valence-electron chi connectivity index (χ1n) is 6.25. The van der Waals surface area contributed by atoms with Gasteiger partial charge in [0, 0.05) is 12.6 Å².